The molecule has 0 spiro atoms. The van der Waals surface area contributed by atoms with Gasteiger partial charge in [-0.15, -0.1) is 0 Å². The molecule has 0 saturated carbocycles. The Kier molecular flexibility index (Phi) is 4.73. The Morgan fingerprint density at radius 2 is 2.04 bits per heavy atom. The number of carbonyl (C=O) groups is 1. The van der Waals surface area contributed by atoms with E-state index in [1.807, 2.05) is 12.1 Å². The lowest BCUT2D eigenvalue weighted by Crippen LogP contribution is -2.36. The zero-order chi connectivity index (χ0) is 16.1. The average molecular weight is 312 g/mol. The quantitative estimate of drug-likeness (QED) is 0.877. The number of pyridine rings is 1. The first kappa shape index (κ1) is 15.3. The van der Waals surface area contributed by atoms with Crippen molar-refractivity contribution in [3.63, 3.8) is 0 Å². The third kappa shape index (κ3) is 3.60. The number of amides is 1. The van der Waals surface area contributed by atoms with Crippen LogP contribution in [0.5, 0.6) is 0 Å². The molecule has 1 fully saturated rings. The minimum Gasteiger partial charge on any atom is -0.380 e. The topological polar surface area (TPSA) is 80.5 Å². The number of carbonyl (C=O) groups excluding carboxylic acids is 1. The molecule has 6 nitrogen and oxygen atoms in total. The number of primary amides is 1. The lowest BCUT2D eigenvalue weighted by Gasteiger charge is -2.30. The Morgan fingerprint density at radius 3 is 2.83 bits per heavy atom. The van der Waals surface area contributed by atoms with Crippen molar-refractivity contribution in [2.45, 2.75) is 6.54 Å². The van der Waals surface area contributed by atoms with Gasteiger partial charge in [0.15, 0.2) is 0 Å². The SMILES string of the molecule is NC(=O)c1cnccc1NCc1ccccc1N1CCOCC1. The summed E-state index contributed by atoms with van der Waals surface area (Å²) in [7, 11) is 0. The molecule has 3 rings (SSSR count). The van der Waals surface area contributed by atoms with Gasteiger partial charge < -0.3 is 20.7 Å². The lowest BCUT2D eigenvalue weighted by atomic mass is 10.1. The first-order chi connectivity index (χ1) is 11.3. The number of hydrogen-bond donors (Lipinski definition) is 2. The van der Waals surface area contributed by atoms with Crippen molar-refractivity contribution in [3.05, 3.63) is 53.9 Å². The van der Waals surface area contributed by atoms with Crippen LogP contribution < -0.4 is 16.0 Å². The molecule has 2 heterocycles. The molecule has 0 atom stereocenters. The Bertz CT molecular complexity index is 684. The molecule has 3 N–H and O–H groups in total. The van der Waals surface area contributed by atoms with Crippen LogP contribution in [-0.2, 0) is 11.3 Å². The molecule has 0 aliphatic carbocycles. The van der Waals surface area contributed by atoms with Gasteiger partial charge in [0, 0.05) is 37.7 Å². The van der Waals surface area contributed by atoms with E-state index in [1.165, 1.54) is 17.4 Å². The van der Waals surface area contributed by atoms with Gasteiger partial charge in [0.2, 0.25) is 0 Å². The highest BCUT2D eigenvalue weighted by Crippen LogP contribution is 2.23. The molecule has 1 amide bonds. The summed E-state index contributed by atoms with van der Waals surface area (Å²) in [6.07, 6.45) is 3.13. The Balaban J connectivity index is 1.77. The summed E-state index contributed by atoms with van der Waals surface area (Å²) in [4.78, 5) is 17.7. The zero-order valence-corrected chi connectivity index (χ0v) is 12.9. The molecule has 6 heteroatoms. The molecule has 1 aliphatic rings. The first-order valence-electron chi connectivity index (χ1n) is 7.64. The Morgan fingerprint density at radius 1 is 1.26 bits per heavy atom. The van der Waals surface area contributed by atoms with E-state index in [2.05, 4.69) is 27.3 Å². The number of anilines is 2. The molecule has 0 unspecified atom stereocenters. The smallest absolute Gasteiger partial charge is 0.252 e. The fourth-order valence-corrected chi connectivity index (χ4v) is 2.71. The van der Waals surface area contributed by atoms with Gasteiger partial charge in [-0.1, -0.05) is 18.2 Å². The van der Waals surface area contributed by atoms with E-state index in [0.717, 1.165) is 26.3 Å². The van der Waals surface area contributed by atoms with Gasteiger partial charge in [0.1, 0.15) is 0 Å². The third-order valence-electron chi connectivity index (χ3n) is 3.90. The summed E-state index contributed by atoms with van der Waals surface area (Å²) in [5, 5.41) is 3.29. The minimum atomic E-state index is -0.484. The number of nitrogens with two attached hydrogens (primary N) is 1. The van der Waals surface area contributed by atoms with Crippen molar-refractivity contribution in [2.75, 3.05) is 36.5 Å². The van der Waals surface area contributed by atoms with Crippen LogP contribution in [0.1, 0.15) is 15.9 Å². The third-order valence-corrected chi connectivity index (χ3v) is 3.90. The maximum absolute atomic E-state index is 11.5. The number of morpholine rings is 1. The molecule has 1 saturated heterocycles. The monoisotopic (exact) mass is 312 g/mol. The van der Waals surface area contributed by atoms with E-state index in [9.17, 15) is 4.79 Å². The Labute approximate surface area is 135 Å². The van der Waals surface area contributed by atoms with Crippen LogP contribution in [0.3, 0.4) is 0 Å². The molecule has 1 aliphatic heterocycles. The van der Waals surface area contributed by atoms with Crippen LogP contribution in [0.25, 0.3) is 0 Å². The van der Waals surface area contributed by atoms with Gasteiger partial charge in [0.25, 0.3) is 5.91 Å². The second-order valence-electron chi connectivity index (χ2n) is 5.37. The molecule has 120 valence electrons. The van der Waals surface area contributed by atoms with E-state index in [4.69, 9.17) is 10.5 Å². The van der Waals surface area contributed by atoms with Crippen molar-refractivity contribution in [1.29, 1.82) is 0 Å². The number of aromatic nitrogens is 1. The highest BCUT2D eigenvalue weighted by molar-refractivity contribution is 5.98. The van der Waals surface area contributed by atoms with Crippen LogP contribution in [0.4, 0.5) is 11.4 Å². The number of rotatable bonds is 5. The van der Waals surface area contributed by atoms with E-state index in [0.29, 0.717) is 17.8 Å². The number of nitrogens with one attached hydrogen (secondary N) is 1. The predicted molar refractivity (Wildman–Crippen MR) is 89.6 cm³/mol. The van der Waals surface area contributed by atoms with Crippen molar-refractivity contribution in [2.24, 2.45) is 5.73 Å². The summed E-state index contributed by atoms with van der Waals surface area (Å²) in [5.74, 6) is -0.484. The van der Waals surface area contributed by atoms with Crippen LogP contribution >= 0.6 is 0 Å². The highest BCUT2D eigenvalue weighted by Gasteiger charge is 2.15. The average Bonchev–Trinajstić information content (AvgIpc) is 2.61. The number of hydrogen-bond acceptors (Lipinski definition) is 5. The summed E-state index contributed by atoms with van der Waals surface area (Å²) in [5.41, 5.74) is 8.85. The molecular formula is C17H20N4O2. The Hall–Kier alpha value is -2.60. The number of nitrogens with zero attached hydrogens (tertiary/aromatic N) is 2. The largest absolute Gasteiger partial charge is 0.380 e. The van der Waals surface area contributed by atoms with Crippen LogP contribution in [0.2, 0.25) is 0 Å². The van der Waals surface area contributed by atoms with Gasteiger partial charge in [-0.05, 0) is 17.7 Å². The van der Waals surface area contributed by atoms with Crippen LogP contribution in [0.15, 0.2) is 42.7 Å². The predicted octanol–water partition coefficient (Wildman–Crippen LogP) is 1.63. The van der Waals surface area contributed by atoms with E-state index in [1.54, 1.807) is 12.3 Å². The van der Waals surface area contributed by atoms with Gasteiger partial charge in [-0.3, -0.25) is 9.78 Å². The standard InChI is InChI=1S/C17H20N4O2/c18-17(22)14-12-19-6-5-15(14)20-11-13-3-1-2-4-16(13)21-7-9-23-10-8-21/h1-6,12H,7-11H2,(H2,18,22)(H,19,20). The lowest BCUT2D eigenvalue weighted by molar-refractivity contribution is 0.100. The summed E-state index contributed by atoms with van der Waals surface area (Å²) >= 11 is 0. The normalized spacial score (nSPS) is 14.5. The molecule has 0 radical (unpaired) electrons. The molecular weight excluding hydrogens is 292 g/mol. The molecule has 1 aromatic carbocycles. The molecule has 1 aromatic heterocycles. The van der Waals surface area contributed by atoms with E-state index in [-0.39, 0.29) is 0 Å². The van der Waals surface area contributed by atoms with Crippen molar-refractivity contribution in [1.82, 2.24) is 4.98 Å². The fraction of sp³-hybridized carbons (Fsp3) is 0.294. The second-order valence-corrected chi connectivity index (χ2v) is 5.37. The van der Waals surface area contributed by atoms with Crippen molar-refractivity contribution >= 4 is 17.3 Å². The molecule has 23 heavy (non-hydrogen) atoms. The maximum atomic E-state index is 11.5. The van der Waals surface area contributed by atoms with Crippen LogP contribution in [0, 0.1) is 0 Å². The molecule has 0 bridgehead atoms. The second kappa shape index (κ2) is 7.11. The van der Waals surface area contributed by atoms with Gasteiger partial charge >= 0.3 is 0 Å². The van der Waals surface area contributed by atoms with Crippen molar-refractivity contribution in [3.8, 4) is 0 Å². The fourth-order valence-electron chi connectivity index (χ4n) is 2.71. The van der Waals surface area contributed by atoms with Gasteiger partial charge in [-0.2, -0.15) is 0 Å². The van der Waals surface area contributed by atoms with Gasteiger partial charge in [0.05, 0.1) is 24.5 Å². The van der Waals surface area contributed by atoms with Gasteiger partial charge in [-0.25, -0.2) is 0 Å². The summed E-state index contributed by atoms with van der Waals surface area (Å²) in [6, 6.07) is 10.0. The molecule has 2 aromatic rings. The van der Waals surface area contributed by atoms with Crippen LogP contribution in [-0.4, -0.2) is 37.2 Å². The number of ether oxygens (including phenoxy) is 1. The summed E-state index contributed by atoms with van der Waals surface area (Å²) in [6.45, 7) is 3.88. The van der Waals surface area contributed by atoms with E-state index >= 15 is 0 Å². The minimum absolute atomic E-state index is 0.399. The zero-order valence-electron chi connectivity index (χ0n) is 12.9. The first-order valence-corrected chi connectivity index (χ1v) is 7.64. The van der Waals surface area contributed by atoms with E-state index < -0.39 is 5.91 Å². The number of benzene rings is 1. The van der Waals surface area contributed by atoms with Crippen molar-refractivity contribution < 1.29 is 9.53 Å². The summed E-state index contributed by atoms with van der Waals surface area (Å²) < 4.78 is 5.42. The number of para-hydroxylation sites is 1. The maximum Gasteiger partial charge on any atom is 0.252 e. The highest BCUT2D eigenvalue weighted by atomic mass is 16.5.